The molecule has 0 aliphatic heterocycles. The molecule has 1 aliphatic rings. The lowest BCUT2D eigenvalue weighted by Crippen LogP contribution is -2.32. The molecule has 0 spiro atoms. The molecule has 1 aromatic rings. The summed E-state index contributed by atoms with van der Waals surface area (Å²) in [5, 5.41) is 3.26. The first-order chi connectivity index (χ1) is 8.56. The SMILES string of the molecule is NC(=O)c1ccc(N[C@H]2CC[C@@H](N)CC2)cc1F. The molecule has 1 amide bonds. The molecule has 5 N–H and O–H groups in total. The largest absolute Gasteiger partial charge is 0.382 e. The van der Waals surface area contributed by atoms with E-state index in [2.05, 4.69) is 5.32 Å². The van der Waals surface area contributed by atoms with Crippen LogP contribution in [0.5, 0.6) is 0 Å². The first-order valence-corrected chi connectivity index (χ1v) is 6.17. The van der Waals surface area contributed by atoms with Crippen molar-refractivity contribution in [3.8, 4) is 0 Å². The van der Waals surface area contributed by atoms with Gasteiger partial charge in [0.05, 0.1) is 5.56 Å². The molecule has 1 saturated carbocycles. The predicted molar refractivity (Wildman–Crippen MR) is 68.8 cm³/mol. The molecule has 18 heavy (non-hydrogen) atoms. The summed E-state index contributed by atoms with van der Waals surface area (Å²) < 4.78 is 13.6. The Balaban J connectivity index is 2.02. The summed E-state index contributed by atoms with van der Waals surface area (Å²) in [5.41, 5.74) is 11.5. The third-order valence-corrected chi connectivity index (χ3v) is 3.38. The van der Waals surface area contributed by atoms with E-state index in [1.807, 2.05) is 0 Å². The van der Waals surface area contributed by atoms with Crippen molar-refractivity contribution in [2.45, 2.75) is 37.8 Å². The van der Waals surface area contributed by atoms with Gasteiger partial charge in [0, 0.05) is 17.8 Å². The summed E-state index contributed by atoms with van der Waals surface area (Å²) in [4.78, 5) is 10.9. The highest BCUT2D eigenvalue weighted by molar-refractivity contribution is 5.93. The van der Waals surface area contributed by atoms with Gasteiger partial charge < -0.3 is 16.8 Å². The van der Waals surface area contributed by atoms with E-state index < -0.39 is 11.7 Å². The molecule has 98 valence electrons. The Hall–Kier alpha value is -1.62. The third kappa shape index (κ3) is 2.98. The van der Waals surface area contributed by atoms with Crippen molar-refractivity contribution in [1.82, 2.24) is 0 Å². The first-order valence-electron chi connectivity index (χ1n) is 6.17. The second-order valence-corrected chi connectivity index (χ2v) is 4.81. The van der Waals surface area contributed by atoms with Crippen LogP contribution in [0.15, 0.2) is 18.2 Å². The Morgan fingerprint density at radius 2 is 1.94 bits per heavy atom. The van der Waals surface area contributed by atoms with Crippen LogP contribution in [0.2, 0.25) is 0 Å². The van der Waals surface area contributed by atoms with Gasteiger partial charge in [-0.15, -0.1) is 0 Å². The molecule has 2 rings (SSSR count). The summed E-state index contributed by atoms with van der Waals surface area (Å²) in [5.74, 6) is -1.33. The minimum absolute atomic E-state index is 0.0776. The van der Waals surface area contributed by atoms with Crippen LogP contribution in [0, 0.1) is 5.82 Å². The van der Waals surface area contributed by atoms with Crippen LogP contribution < -0.4 is 16.8 Å². The average molecular weight is 251 g/mol. The van der Waals surface area contributed by atoms with Crippen molar-refractivity contribution in [3.05, 3.63) is 29.6 Å². The van der Waals surface area contributed by atoms with Crippen LogP contribution in [0.25, 0.3) is 0 Å². The maximum absolute atomic E-state index is 13.6. The molecule has 0 aromatic heterocycles. The van der Waals surface area contributed by atoms with Crippen molar-refractivity contribution in [3.63, 3.8) is 0 Å². The molecule has 0 saturated heterocycles. The van der Waals surface area contributed by atoms with E-state index in [0.29, 0.717) is 11.7 Å². The number of amides is 1. The van der Waals surface area contributed by atoms with E-state index >= 15 is 0 Å². The van der Waals surface area contributed by atoms with E-state index in [-0.39, 0.29) is 11.6 Å². The van der Waals surface area contributed by atoms with Gasteiger partial charge in [-0.3, -0.25) is 4.79 Å². The number of halogens is 1. The van der Waals surface area contributed by atoms with Gasteiger partial charge in [-0.25, -0.2) is 4.39 Å². The van der Waals surface area contributed by atoms with Gasteiger partial charge in [-0.05, 0) is 43.9 Å². The van der Waals surface area contributed by atoms with Crippen molar-refractivity contribution < 1.29 is 9.18 Å². The lowest BCUT2D eigenvalue weighted by molar-refractivity contribution is 0.0996. The second kappa shape index (κ2) is 5.35. The fourth-order valence-corrected chi connectivity index (χ4v) is 2.30. The average Bonchev–Trinajstić information content (AvgIpc) is 2.32. The monoisotopic (exact) mass is 251 g/mol. The standard InChI is InChI=1S/C13H18FN3O/c14-12-7-10(5-6-11(12)13(16)18)17-9-3-1-8(15)2-4-9/h5-9,17H,1-4,15H2,(H2,16,18)/t8-,9+. The number of hydrogen-bond acceptors (Lipinski definition) is 3. The van der Waals surface area contributed by atoms with Gasteiger partial charge in [0.1, 0.15) is 5.82 Å². The molecule has 0 radical (unpaired) electrons. The van der Waals surface area contributed by atoms with E-state index in [1.54, 1.807) is 6.07 Å². The molecule has 1 aromatic carbocycles. The molecular formula is C13H18FN3O. The second-order valence-electron chi connectivity index (χ2n) is 4.81. The van der Waals surface area contributed by atoms with Crippen LogP contribution in [0.1, 0.15) is 36.0 Å². The zero-order valence-electron chi connectivity index (χ0n) is 10.2. The van der Waals surface area contributed by atoms with E-state index in [9.17, 15) is 9.18 Å². The van der Waals surface area contributed by atoms with Crippen LogP contribution >= 0.6 is 0 Å². The molecule has 0 atom stereocenters. The van der Waals surface area contributed by atoms with Gasteiger partial charge in [-0.2, -0.15) is 0 Å². The van der Waals surface area contributed by atoms with Crippen molar-refractivity contribution >= 4 is 11.6 Å². The lowest BCUT2D eigenvalue weighted by Gasteiger charge is -2.27. The molecule has 1 fully saturated rings. The number of nitrogens with two attached hydrogens (primary N) is 2. The fraction of sp³-hybridized carbons (Fsp3) is 0.462. The Kier molecular flexibility index (Phi) is 3.81. The molecular weight excluding hydrogens is 233 g/mol. The quantitative estimate of drug-likeness (QED) is 0.763. The Bertz CT molecular complexity index is 442. The number of carbonyl (C=O) groups excluding carboxylic acids is 1. The van der Waals surface area contributed by atoms with Crippen LogP contribution in [-0.2, 0) is 0 Å². The van der Waals surface area contributed by atoms with E-state index in [4.69, 9.17) is 11.5 Å². The number of benzene rings is 1. The number of carbonyl (C=O) groups is 1. The minimum atomic E-state index is -0.748. The number of anilines is 1. The van der Waals surface area contributed by atoms with E-state index in [0.717, 1.165) is 25.7 Å². The maximum atomic E-state index is 13.6. The summed E-state index contributed by atoms with van der Waals surface area (Å²) in [7, 11) is 0. The van der Waals surface area contributed by atoms with Crippen LogP contribution in [0.4, 0.5) is 10.1 Å². The van der Waals surface area contributed by atoms with Crippen LogP contribution in [-0.4, -0.2) is 18.0 Å². The lowest BCUT2D eigenvalue weighted by atomic mass is 9.91. The highest BCUT2D eigenvalue weighted by Crippen LogP contribution is 2.22. The Morgan fingerprint density at radius 3 is 2.50 bits per heavy atom. The number of hydrogen-bond donors (Lipinski definition) is 3. The molecule has 4 nitrogen and oxygen atoms in total. The zero-order valence-corrected chi connectivity index (χ0v) is 10.2. The number of rotatable bonds is 3. The van der Waals surface area contributed by atoms with Gasteiger partial charge in [0.2, 0.25) is 0 Å². The summed E-state index contributed by atoms with van der Waals surface area (Å²) in [6, 6.07) is 5.02. The minimum Gasteiger partial charge on any atom is -0.382 e. The van der Waals surface area contributed by atoms with Gasteiger partial charge in [-0.1, -0.05) is 0 Å². The Morgan fingerprint density at radius 1 is 1.28 bits per heavy atom. The van der Waals surface area contributed by atoms with Gasteiger partial charge in [0.15, 0.2) is 0 Å². The van der Waals surface area contributed by atoms with Crippen LogP contribution in [0.3, 0.4) is 0 Å². The molecule has 5 heteroatoms. The normalized spacial score (nSPS) is 23.7. The molecule has 0 unspecified atom stereocenters. The maximum Gasteiger partial charge on any atom is 0.251 e. The summed E-state index contributed by atoms with van der Waals surface area (Å²) >= 11 is 0. The van der Waals surface area contributed by atoms with E-state index in [1.165, 1.54) is 12.1 Å². The summed E-state index contributed by atoms with van der Waals surface area (Å²) in [6.45, 7) is 0. The molecule has 0 bridgehead atoms. The number of primary amides is 1. The predicted octanol–water partition coefficient (Wildman–Crippen LogP) is 1.61. The summed E-state index contributed by atoms with van der Waals surface area (Å²) in [6.07, 6.45) is 3.94. The number of nitrogens with one attached hydrogen (secondary N) is 1. The topological polar surface area (TPSA) is 81.1 Å². The third-order valence-electron chi connectivity index (χ3n) is 3.38. The zero-order chi connectivity index (χ0) is 13.1. The van der Waals surface area contributed by atoms with Gasteiger partial charge >= 0.3 is 0 Å². The highest BCUT2D eigenvalue weighted by Gasteiger charge is 2.18. The van der Waals surface area contributed by atoms with Crippen molar-refractivity contribution in [2.75, 3.05) is 5.32 Å². The van der Waals surface area contributed by atoms with Crippen molar-refractivity contribution in [2.24, 2.45) is 11.5 Å². The Labute approximate surface area is 106 Å². The van der Waals surface area contributed by atoms with Gasteiger partial charge in [0.25, 0.3) is 5.91 Å². The molecule has 0 heterocycles. The highest BCUT2D eigenvalue weighted by atomic mass is 19.1. The first kappa shape index (κ1) is 12.8. The smallest absolute Gasteiger partial charge is 0.251 e. The molecule has 1 aliphatic carbocycles. The van der Waals surface area contributed by atoms with Crippen molar-refractivity contribution in [1.29, 1.82) is 0 Å². The fourth-order valence-electron chi connectivity index (χ4n) is 2.30.